The zero-order chi connectivity index (χ0) is 15.7. The molecule has 1 aromatic carbocycles. The third-order valence-electron chi connectivity index (χ3n) is 2.48. The van der Waals surface area contributed by atoms with Crippen LogP contribution in [0.2, 0.25) is 5.02 Å². The van der Waals surface area contributed by atoms with Gasteiger partial charge >= 0.3 is 0 Å². The average Bonchev–Trinajstić information content (AvgIpc) is 2.29. The van der Waals surface area contributed by atoms with E-state index in [1.165, 1.54) is 0 Å². The number of rotatable bonds is 5. The van der Waals surface area contributed by atoms with E-state index in [1.54, 1.807) is 0 Å². The zero-order valence-corrected chi connectivity index (χ0v) is 13.2. The van der Waals surface area contributed by atoms with E-state index in [0.29, 0.717) is 0 Å². The van der Waals surface area contributed by atoms with Gasteiger partial charge < -0.3 is 5.73 Å². The third-order valence-corrected chi connectivity index (χ3v) is 5.54. The van der Waals surface area contributed by atoms with Gasteiger partial charge in [0.2, 0.25) is 10.0 Å². The van der Waals surface area contributed by atoms with Gasteiger partial charge in [0, 0.05) is 25.5 Å². The maximum atomic E-state index is 13.8. The van der Waals surface area contributed by atoms with E-state index in [2.05, 4.69) is 0 Å². The van der Waals surface area contributed by atoms with Crippen molar-refractivity contribution >= 4 is 37.1 Å². The summed E-state index contributed by atoms with van der Waals surface area (Å²) in [4.78, 5) is -0.682. The summed E-state index contributed by atoms with van der Waals surface area (Å²) in [5.41, 5.74) is 5.43. The predicted octanol–water partition coefficient (Wildman–Crippen LogP) is 0.726. The summed E-state index contributed by atoms with van der Waals surface area (Å²) < 4.78 is 60.9. The van der Waals surface area contributed by atoms with E-state index in [9.17, 15) is 21.2 Å². The molecule has 0 unspecified atom stereocenters. The predicted molar refractivity (Wildman–Crippen MR) is 75.3 cm³/mol. The van der Waals surface area contributed by atoms with Crippen LogP contribution in [0.3, 0.4) is 0 Å². The second-order valence-corrected chi connectivity index (χ2v) is 8.95. The fourth-order valence-electron chi connectivity index (χ4n) is 1.35. The van der Waals surface area contributed by atoms with Crippen LogP contribution in [0.4, 0.5) is 10.1 Å². The molecule has 0 atom stereocenters. The molecular formula is C10H14ClFN2O4S2. The molecule has 0 heterocycles. The molecule has 0 aliphatic rings. The number of nitrogen functional groups attached to an aromatic ring is 1. The average molecular weight is 345 g/mol. The van der Waals surface area contributed by atoms with E-state index in [0.717, 1.165) is 29.7 Å². The zero-order valence-electron chi connectivity index (χ0n) is 10.8. The molecule has 0 bridgehead atoms. The molecule has 2 N–H and O–H groups in total. The first-order valence-electron chi connectivity index (χ1n) is 5.34. The molecule has 0 fully saturated rings. The van der Waals surface area contributed by atoms with Gasteiger partial charge in [-0.2, -0.15) is 4.31 Å². The first-order valence-corrected chi connectivity index (χ1v) is 9.21. The molecule has 0 aliphatic carbocycles. The van der Waals surface area contributed by atoms with Gasteiger partial charge in [0.15, 0.2) is 5.82 Å². The summed E-state index contributed by atoms with van der Waals surface area (Å²) in [5, 5.41) is -0.417. The van der Waals surface area contributed by atoms with Crippen molar-refractivity contribution in [2.45, 2.75) is 4.90 Å². The van der Waals surface area contributed by atoms with Gasteiger partial charge in [-0.3, -0.25) is 0 Å². The van der Waals surface area contributed by atoms with Gasteiger partial charge in [-0.15, -0.1) is 0 Å². The Balaban J connectivity index is 3.17. The number of sulfonamides is 1. The molecule has 10 heteroatoms. The molecule has 0 aliphatic heterocycles. The maximum absolute atomic E-state index is 13.8. The smallest absolute Gasteiger partial charge is 0.245 e. The van der Waals surface area contributed by atoms with Gasteiger partial charge in [0.1, 0.15) is 14.7 Å². The van der Waals surface area contributed by atoms with Gasteiger partial charge in [-0.1, -0.05) is 11.6 Å². The van der Waals surface area contributed by atoms with Crippen molar-refractivity contribution in [1.82, 2.24) is 4.31 Å². The number of halogens is 2. The number of benzene rings is 1. The van der Waals surface area contributed by atoms with Crippen molar-refractivity contribution in [3.05, 3.63) is 23.0 Å². The van der Waals surface area contributed by atoms with E-state index in [1.807, 2.05) is 0 Å². The van der Waals surface area contributed by atoms with Crippen molar-refractivity contribution < 1.29 is 21.2 Å². The summed E-state index contributed by atoms with van der Waals surface area (Å²) >= 11 is 5.55. The molecule has 0 spiro atoms. The molecule has 1 aromatic rings. The number of hydrogen-bond donors (Lipinski definition) is 1. The standard InChI is InChI=1S/C10H14ClFN2O4S2/c1-14(3-4-19(2,15)16)20(17,18)9-6-7(13)5-8(11)10(9)12/h5-6H,3-4,13H2,1-2H3. The molecule has 0 radical (unpaired) electrons. The summed E-state index contributed by atoms with van der Waals surface area (Å²) in [6.45, 7) is -0.299. The minimum absolute atomic E-state index is 0.00788. The summed E-state index contributed by atoms with van der Waals surface area (Å²) in [6, 6.07) is 2.03. The first-order chi connectivity index (χ1) is 8.95. The topological polar surface area (TPSA) is 97.5 Å². The lowest BCUT2D eigenvalue weighted by atomic mass is 10.3. The van der Waals surface area contributed by atoms with Crippen LogP contribution >= 0.6 is 11.6 Å². The number of nitrogens with zero attached hydrogens (tertiary/aromatic N) is 1. The van der Waals surface area contributed by atoms with Crippen LogP contribution in [-0.4, -0.2) is 46.7 Å². The molecule has 1 rings (SSSR count). The molecule has 0 saturated carbocycles. The third kappa shape index (κ3) is 4.05. The number of anilines is 1. The fourth-order valence-corrected chi connectivity index (χ4v) is 3.65. The summed E-state index contributed by atoms with van der Waals surface area (Å²) in [7, 11) is -6.40. The Labute approximate surface area is 122 Å². The second kappa shape index (κ2) is 5.84. The highest BCUT2D eigenvalue weighted by Crippen LogP contribution is 2.27. The van der Waals surface area contributed by atoms with Crippen LogP contribution in [0.25, 0.3) is 0 Å². The van der Waals surface area contributed by atoms with Crippen molar-refractivity contribution in [2.75, 3.05) is 31.3 Å². The SMILES string of the molecule is CN(CCS(C)(=O)=O)S(=O)(=O)c1cc(N)cc(Cl)c1F. The molecule has 20 heavy (non-hydrogen) atoms. The summed E-state index contributed by atoms with van der Waals surface area (Å²) in [6.07, 6.45) is 0.978. The van der Waals surface area contributed by atoms with E-state index in [4.69, 9.17) is 17.3 Å². The van der Waals surface area contributed by atoms with Crippen LogP contribution in [0.5, 0.6) is 0 Å². The van der Waals surface area contributed by atoms with Crippen molar-refractivity contribution in [2.24, 2.45) is 0 Å². The molecule has 0 aromatic heterocycles. The lowest BCUT2D eigenvalue weighted by Gasteiger charge is -2.17. The normalized spacial score (nSPS) is 12.8. The minimum Gasteiger partial charge on any atom is -0.399 e. The van der Waals surface area contributed by atoms with Crippen LogP contribution in [0.1, 0.15) is 0 Å². The molecular weight excluding hydrogens is 331 g/mol. The Bertz CT molecular complexity index is 719. The van der Waals surface area contributed by atoms with Gasteiger partial charge in [0.25, 0.3) is 0 Å². The quantitative estimate of drug-likeness (QED) is 0.794. The second-order valence-electron chi connectivity index (χ2n) is 4.27. The monoisotopic (exact) mass is 344 g/mol. The van der Waals surface area contributed by atoms with Gasteiger partial charge in [-0.05, 0) is 12.1 Å². The van der Waals surface area contributed by atoms with E-state index < -0.39 is 35.6 Å². The van der Waals surface area contributed by atoms with Gasteiger partial charge in [0.05, 0.1) is 10.8 Å². The van der Waals surface area contributed by atoms with E-state index >= 15 is 0 Å². The number of hydrogen-bond acceptors (Lipinski definition) is 5. The lowest BCUT2D eigenvalue weighted by molar-refractivity contribution is 0.477. The van der Waals surface area contributed by atoms with Crippen molar-refractivity contribution in [3.8, 4) is 0 Å². The van der Waals surface area contributed by atoms with E-state index in [-0.39, 0.29) is 18.0 Å². The molecule has 6 nitrogen and oxygen atoms in total. The fraction of sp³-hybridized carbons (Fsp3) is 0.400. The van der Waals surface area contributed by atoms with Crippen LogP contribution in [-0.2, 0) is 19.9 Å². The maximum Gasteiger partial charge on any atom is 0.245 e. The Morgan fingerprint density at radius 2 is 1.85 bits per heavy atom. The molecule has 0 amide bonds. The van der Waals surface area contributed by atoms with Crippen LogP contribution in [0, 0.1) is 5.82 Å². The lowest BCUT2D eigenvalue weighted by Crippen LogP contribution is -2.32. The largest absolute Gasteiger partial charge is 0.399 e. The minimum atomic E-state index is -4.21. The molecule has 114 valence electrons. The Kier molecular flexibility index (Phi) is 5.01. The highest BCUT2D eigenvalue weighted by Gasteiger charge is 2.27. The Hall–Kier alpha value is -0.900. The highest BCUT2D eigenvalue weighted by molar-refractivity contribution is 7.91. The Morgan fingerprint density at radius 1 is 1.30 bits per heavy atom. The van der Waals surface area contributed by atoms with Crippen LogP contribution in [0.15, 0.2) is 17.0 Å². The molecule has 0 saturated heterocycles. The van der Waals surface area contributed by atoms with Crippen molar-refractivity contribution in [1.29, 1.82) is 0 Å². The van der Waals surface area contributed by atoms with Gasteiger partial charge in [-0.25, -0.2) is 21.2 Å². The van der Waals surface area contributed by atoms with Crippen LogP contribution < -0.4 is 5.73 Å². The number of nitrogens with two attached hydrogens (primary N) is 1. The van der Waals surface area contributed by atoms with Crippen molar-refractivity contribution in [3.63, 3.8) is 0 Å². The first kappa shape index (κ1) is 17.2. The highest BCUT2D eigenvalue weighted by atomic mass is 35.5. The summed E-state index contributed by atoms with van der Waals surface area (Å²) in [5.74, 6) is -1.49. The number of sulfone groups is 1. The Morgan fingerprint density at radius 3 is 2.35 bits per heavy atom.